The van der Waals surface area contributed by atoms with Crippen LogP contribution in [0.2, 0.25) is 0 Å². The average Bonchev–Trinajstić information content (AvgIpc) is 2.74. The van der Waals surface area contributed by atoms with Crippen molar-refractivity contribution >= 4 is 22.6 Å². The fourth-order valence-electron chi connectivity index (χ4n) is 3.21. The summed E-state index contributed by atoms with van der Waals surface area (Å²) in [5.74, 6) is 0.674. The van der Waals surface area contributed by atoms with Crippen LogP contribution in [0.1, 0.15) is 15.9 Å². The van der Waals surface area contributed by atoms with Crippen LogP contribution < -0.4 is 15.5 Å². The quantitative estimate of drug-likeness (QED) is 0.535. The van der Waals surface area contributed by atoms with Crippen molar-refractivity contribution in [3.05, 3.63) is 94.1 Å². The van der Waals surface area contributed by atoms with E-state index in [4.69, 9.17) is 9.15 Å². The monoisotopic (exact) mass is 385 g/mol. The lowest BCUT2D eigenvalue weighted by molar-refractivity contribution is 0.102. The van der Waals surface area contributed by atoms with Gasteiger partial charge in [0, 0.05) is 17.3 Å². The van der Waals surface area contributed by atoms with Gasteiger partial charge in [0.15, 0.2) is 5.43 Å². The number of rotatable bonds is 4. The molecule has 0 saturated carbocycles. The van der Waals surface area contributed by atoms with Crippen molar-refractivity contribution in [3.63, 3.8) is 0 Å². The number of benzene rings is 3. The second-order valence-electron chi connectivity index (χ2n) is 6.71. The SMILES string of the molecule is COc1ccccc1C(=O)Nc1ccc2oc(-c3cccc(C)c3)cc(=O)c2c1. The van der Waals surface area contributed by atoms with Gasteiger partial charge >= 0.3 is 0 Å². The standard InChI is InChI=1S/C24H19NO4/c1-15-6-5-7-16(12-15)23-14-20(26)19-13-17(10-11-22(19)29-23)25-24(27)18-8-3-4-9-21(18)28-2/h3-14H,1-2H3,(H,25,27). The van der Waals surface area contributed by atoms with Gasteiger partial charge in [-0.05, 0) is 43.3 Å². The van der Waals surface area contributed by atoms with E-state index in [0.717, 1.165) is 11.1 Å². The topological polar surface area (TPSA) is 68.5 Å². The molecule has 0 spiro atoms. The summed E-state index contributed by atoms with van der Waals surface area (Å²) in [4.78, 5) is 25.3. The molecule has 4 aromatic rings. The largest absolute Gasteiger partial charge is 0.496 e. The Morgan fingerprint density at radius 2 is 1.79 bits per heavy atom. The highest BCUT2D eigenvalue weighted by Crippen LogP contribution is 2.25. The molecule has 0 unspecified atom stereocenters. The molecular weight excluding hydrogens is 366 g/mol. The lowest BCUT2D eigenvalue weighted by Crippen LogP contribution is -2.13. The molecule has 1 heterocycles. The zero-order valence-electron chi connectivity index (χ0n) is 16.1. The minimum Gasteiger partial charge on any atom is -0.496 e. The highest BCUT2D eigenvalue weighted by atomic mass is 16.5. The number of ether oxygens (including phenoxy) is 1. The maximum Gasteiger partial charge on any atom is 0.259 e. The Labute approximate surface area is 167 Å². The van der Waals surface area contributed by atoms with Crippen LogP contribution in [0.3, 0.4) is 0 Å². The van der Waals surface area contributed by atoms with Crippen molar-refractivity contribution in [2.45, 2.75) is 6.92 Å². The number of carbonyl (C=O) groups is 1. The van der Waals surface area contributed by atoms with Gasteiger partial charge in [0.25, 0.3) is 5.91 Å². The average molecular weight is 385 g/mol. The molecule has 4 rings (SSSR count). The lowest BCUT2D eigenvalue weighted by atomic mass is 10.1. The molecule has 0 saturated heterocycles. The van der Waals surface area contributed by atoms with Crippen molar-refractivity contribution in [2.75, 3.05) is 12.4 Å². The summed E-state index contributed by atoms with van der Waals surface area (Å²) >= 11 is 0. The van der Waals surface area contributed by atoms with Crippen molar-refractivity contribution < 1.29 is 13.9 Å². The first-order valence-corrected chi connectivity index (χ1v) is 9.14. The molecule has 5 heteroatoms. The first-order chi connectivity index (χ1) is 14.0. The van der Waals surface area contributed by atoms with Gasteiger partial charge in [0.1, 0.15) is 17.1 Å². The molecule has 0 aliphatic heterocycles. The van der Waals surface area contributed by atoms with Crippen LogP contribution in [0, 0.1) is 6.92 Å². The first-order valence-electron chi connectivity index (χ1n) is 9.14. The number of para-hydroxylation sites is 1. The van der Waals surface area contributed by atoms with Gasteiger partial charge < -0.3 is 14.5 Å². The van der Waals surface area contributed by atoms with Gasteiger partial charge in [0.05, 0.1) is 18.1 Å². The third kappa shape index (κ3) is 3.75. The Bertz CT molecular complexity index is 1270. The van der Waals surface area contributed by atoms with E-state index < -0.39 is 0 Å². The molecule has 1 amide bonds. The van der Waals surface area contributed by atoms with E-state index in [-0.39, 0.29) is 11.3 Å². The number of hydrogen-bond acceptors (Lipinski definition) is 4. The maximum atomic E-state index is 12.7. The fraction of sp³-hybridized carbons (Fsp3) is 0.0833. The third-order valence-corrected chi connectivity index (χ3v) is 4.64. The van der Waals surface area contributed by atoms with E-state index in [9.17, 15) is 9.59 Å². The van der Waals surface area contributed by atoms with Crippen LogP contribution in [0.25, 0.3) is 22.3 Å². The number of hydrogen-bond donors (Lipinski definition) is 1. The van der Waals surface area contributed by atoms with E-state index in [2.05, 4.69) is 5.32 Å². The first kappa shape index (κ1) is 18.5. The van der Waals surface area contributed by atoms with E-state index in [1.165, 1.54) is 13.2 Å². The van der Waals surface area contributed by atoms with Gasteiger partial charge in [-0.25, -0.2) is 0 Å². The molecule has 0 atom stereocenters. The Kier molecular flexibility index (Phi) is 4.87. The molecular formula is C24H19NO4. The smallest absolute Gasteiger partial charge is 0.259 e. The van der Waals surface area contributed by atoms with Gasteiger partial charge in [-0.15, -0.1) is 0 Å². The van der Waals surface area contributed by atoms with Crippen LogP contribution in [-0.2, 0) is 0 Å². The number of anilines is 1. The second-order valence-corrected chi connectivity index (χ2v) is 6.71. The number of carbonyl (C=O) groups excluding carboxylic acids is 1. The van der Waals surface area contributed by atoms with Crippen LogP contribution >= 0.6 is 0 Å². The number of amides is 1. The number of aryl methyl sites for hydroxylation is 1. The second kappa shape index (κ2) is 7.64. The number of nitrogens with one attached hydrogen (secondary N) is 1. The molecule has 0 aliphatic carbocycles. The summed E-state index contributed by atoms with van der Waals surface area (Å²) in [5.41, 5.74) is 3.14. The van der Waals surface area contributed by atoms with Crippen molar-refractivity contribution in [2.24, 2.45) is 0 Å². The predicted molar refractivity (Wildman–Crippen MR) is 114 cm³/mol. The Morgan fingerprint density at radius 3 is 2.59 bits per heavy atom. The normalized spacial score (nSPS) is 10.7. The van der Waals surface area contributed by atoms with Crippen LogP contribution in [0.15, 0.2) is 82.0 Å². The molecule has 1 N–H and O–H groups in total. The van der Waals surface area contributed by atoms with Gasteiger partial charge in [-0.2, -0.15) is 0 Å². The number of methoxy groups -OCH3 is 1. The molecule has 144 valence electrons. The van der Waals surface area contributed by atoms with Crippen LogP contribution in [0.5, 0.6) is 5.75 Å². The zero-order valence-corrected chi connectivity index (χ0v) is 16.1. The Morgan fingerprint density at radius 1 is 0.966 bits per heavy atom. The number of fused-ring (bicyclic) bond motifs is 1. The highest BCUT2D eigenvalue weighted by Gasteiger charge is 2.13. The van der Waals surface area contributed by atoms with E-state index >= 15 is 0 Å². The maximum absolute atomic E-state index is 12.7. The van der Waals surface area contributed by atoms with E-state index in [0.29, 0.717) is 33.7 Å². The summed E-state index contributed by atoms with van der Waals surface area (Å²) in [7, 11) is 1.51. The van der Waals surface area contributed by atoms with E-state index in [1.807, 2.05) is 31.2 Å². The van der Waals surface area contributed by atoms with Gasteiger partial charge in [-0.3, -0.25) is 9.59 Å². The minimum atomic E-state index is -0.317. The molecule has 0 bridgehead atoms. The van der Waals surface area contributed by atoms with Crippen molar-refractivity contribution in [3.8, 4) is 17.1 Å². The van der Waals surface area contributed by atoms with Gasteiger partial charge in [0.2, 0.25) is 0 Å². The minimum absolute atomic E-state index is 0.170. The summed E-state index contributed by atoms with van der Waals surface area (Å²) < 4.78 is 11.2. The Hall–Kier alpha value is -3.86. The summed E-state index contributed by atoms with van der Waals surface area (Å²) in [6.07, 6.45) is 0. The van der Waals surface area contributed by atoms with Gasteiger partial charge in [-0.1, -0.05) is 35.9 Å². The zero-order chi connectivity index (χ0) is 20.4. The van der Waals surface area contributed by atoms with Crippen LogP contribution in [-0.4, -0.2) is 13.0 Å². The molecule has 3 aromatic carbocycles. The third-order valence-electron chi connectivity index (χ3n) is 4.64. The highest BCUT2D eigenvalue weighted by molar-refractivity contribution is 6.06. The molecule has 0 fully saturated rings. The van der Waals surface area contributed by atoms with Crippen LogP contribution in [0.4, 0.5) is 5.69 Å². The molecule has 0 aliphatic rings. The summed E-state index contributed by atoms with van der Waals surface area (Å²) in [6, 6.07) is 21.2. The van der Waals surface area contributed by atoms with Crippen molar-refractivity contribution in [1.29, 1.82) is 0 Å². The molecule has 29 heavy (non-hydrogen) atoms. The Balaban J connectivity index is 1.68. The molecule has 0 radical (unpaired) electrons. The fourth-order valence-corrected chi connectivity index (χ4v) is 3.21. The molecule has 1 aromatic heterocycles. The lowest BCUT2D eigenvalue weighted by Gasteiger charge is -2.10. The summed E-state index contributed by atoms with van der Waals surface area (Å²) in [6.45, 7) is 1.99. The summed E-state index contributed by atoms with van der Waals surface area (Å²) in [5, 5.41) is 3.21. The van der Waals surface area contributed by atoms with E-state index in [1.54, 1.807) is 42.5 Å². The predicted octanol–water partition coefficient (Wildman–Crippen LogP) is 5.03. The van der Waals surface area contributed by atoms with Crippen molar-refractivity contribution in [1.82, 2.24) is 0 Å². The molecule has 5 nitrogen and oxygen atoms in total.